The number of nitrogens with zero attached hydrogens (tertiary/aromatic N) is 1. The van der Waals surface area contributed by atoms with Crippen molar-refractivity contribution in [1.82, 2.24) is 10.2 Å². The lowest BCUT2D eigenvalue weighted by Gasteiger charge is -2.39. The molecule has 19 heavy (non-hydrogen) atoms. The third-order valence-corrected chi connectivity index (χ3v) is 4.62. The average Bonchev–Trinajstić information content (AvgIpc) is 2.48. The van der Waals surface area contributed by atoms with E-state index in [1.807, 2.05) is 0 Å². The first-order valence-electron chi connectivity index (χ1n) is 8.43. The van der Waals surface area contributed by atoms with Gasteiger partial charge in [-0.25, -0.2) is 0 Å². The molecule has 0 spiro atoms. The Morgan fingerprint density at radius 1 is 1.16 bits per heavy atom. The van der Waals surface area contributed by atoms with E-state index in [-0.39, 0.29) is 0 Å². The maximum atomic E-state index is 5.57. The van der Waals surface area contributed by atoms with Crippen LogP contribution in [0, 0.1) is 5.92 Å². The van der Waals surface area contributed by atoms with Gasteiger partial charge in [-0.3, -0.25) is 0 Å². The lowest BCUT2D eigenvalue weighted by atomic mass is 9.83. The SMILES string of the molecule is CCCOCCCN1CCNC(C2CCCCC2)C1. The Kier molecular flexibility index (Phi) is 7.18. The summed E-state index contributed by atoms with van der Waals surface area (Å²) in [6, 6.07) is 0.755. The van der Waals surface area contributed by atoms with Crippen molar-refractivity contribution in [2.24, 2.45) is 5.92 Å². The van der Waals surface area contributed by atoms with Crippen LogP contribution in [-0.2, 0) is 4.74 Å². The van der Waals surface area contributed by atoms with Gasteiger partial charge in [0.1, 0.15) is 0 Å². The van der Waals surface area contributed by atoms with E-state index in [0.717, 1.165) is 31.6 Å². The number of rotatable bonds is 7. The summed E-state index contributed by atoms with van der Waals surface area (Å²) < 4.78 is 5.57. The molecule has 0 aromatic heterocycles. The minimum absolute atomic E-state index is 0.755. The zero-order valence-corrected chi connectivity index (χ0v) is 12.7. The molecule has 1 unspecified atom stereocenters. The smallest absolute Gasteiger partial charge is 0.0478 e. The molecule has 1 heterocycles. The monoisotopic (exact) mass is 268 g/mol. The van der Waals surface area contributed by atoms with Crippen molar-refractivity contribution in [2.45, 2.75) is 57.9 Å². The Labute approximate surface area is 119 Å². The second kappa shape index (κ2) is 8.93. The van der Waals surface area contributed by atoms with E-state index in [1.54, 1.807) is 0 Å². The van der Waals surface area contributed by atoms with Gasteiger partial charge in [0.05, 0.1) is 0 Å². The summed E-state index contributed by atoms with van der Waals surface area (Å²) in [6.07, 6.45) is 9.59. The highest BCUT2D eigenvalue weighted by Gasteiger charge is 2.27. The molecule has 1 saturated heterocycles. The van der Waals surface area contributed by atoms with Crippen LogP contribution in [0.15, 0.2) is 0 Å². The van der Waals surface area contributed by atoms with E-state index in [1.165, 1.54) is 64.7 Å². The number of hydrogen-bond acceptors (Lipinski definition) is 3. The van der Waals surface area contributed by atoms with Gasteiger partial charge in [-0.1, -0.05) is 26.2 Å². The van der Waals surface area contributed by atoms with Crippen molar-refractivity contribution in [3.8, 4) is 0 Å². The molecule has 112 valence electrons. The summed E-state index contributed by atoms with van der Waals surface area (Å²) in [5.74, 6) is 0.938. The lowest BCUT2D eigenvalue weighted by Crippen LogP contribution is -2.54. The van der Waals surface area contributed by atoms with Gasteiger partial charge < -0.3 is 15.0 Å². The number of nitrogens with one attached hydrogen (secondary N) is 1. The lowest BCUT2D eigenvalue weighted by molar-refractivity contribution is 0.105. The molecule has 0 aromatic rings. The van der Waals surface area contributed by atoms with E-state index in [9.17, 15) is 0 Å². The average molecular weight is 268 g/mol. The topological polar surface area (TPSA) is 24.5 Å². The Morgan fingerprint density at radius 2 is 2.00 bits per heavy atom. The minimum Gasteiger partial charge on any atom is -0.381 e. The highest BCUT2D eigenvalue weighted by molar-refractivity contribution is 4.85. The maximum absolute atomic E-state index is 5.57. The molecule has 1 N–H and O–H groups in total. The van der Waals surface area contributed by atoms with Gasteiger partial charge >= 0.3 is 0 Å². The highest BCUT2D eigenvalue weighted by Crippen LogP contribution is 2.27. The van der Waals surface area contributed by atoms with Crippen molar-refractivity contribution < 1.29 is 4.74 Å². The van der Waals surface area contributed by atoms with Crippen molar-refractivity contribution >= 4 is 0 Å². The first kappa shape index (κ1) is 15.3. The van der Waals surface area contributed by atoms with Gasteiger partial charge in [0.15, 0.2) is 0 Å². The molecule has 2 rings (SSSR count). The van der Waals surface area contributed by atoms with E-state index >= 15 is 0 Å². The molecule has 0 radical (unpaired) electrons. The summed E-state index contributed by atoms with van der Waals surface area (Å²) in [7, 11) is 0. The van der Waals surface area contributed by atoms with Crippen LogP contribution >= 0.6 is 0 Å². The predicted molar refractivity (Wildman–Crippen MR) is 80.5 cm³/mol. The Balaban J connectivity index is 1.62. The molecule has 1 saturated carbocycles. The molecular weight excluding hydrogens is 236 g/mol. The van der Waals surface area contributed by atoms with Crippen LogP contribution in [-0.4, -0.2) is 50.3 Å². The number of hydrogen-bond donors (Lipinski definition) is 1. The predicted octanol–water partition coefficient (Wildman–Crippen LogP) is 2.66. The zero-order valence-electron chi connectivity index (χ0n) is 12.7. The fraction of sp³-hybridized carbons (Fsp3) is 1.00. The number of piperazine rings is 1. The summed E-state index contributed by atoms with van der Waals surface area (Å²) in [4.78, 5) is 2.64. The molecule has 0 bridgehead atoms. The van der Waals surface area contributed by atoms with Gasteiger partial charge in [-0.05, 0) is 31.6 Å². The van der Waals surface area contributed by atoms with Crippen LogP contribution in [0.25, 0.3) is 0 Å². The molecule has 3 heteroatoms. The zero-order chi connectivity index (χ0) is 13.3. The van der Waals surface area contributed by atoms with E-state index in [0.29, 0.717) is 0 Å². The molecular formula is C16H32N2O. The first-order valence-corrected chi connectivity index (χ1v) is 8.43. The molecule has 0 aromatic carbocycles. The summed E-state index contributed by atoms with van der Waals surface area (Å²) >= 11 is 0. The van der Waals surface area contributed by atoms with Gasteiger partial charge in [0.25, 0.3) is 0 Å². The molecule has 2 fully saturated rings. The van der Waals surface area contributed by atoms with Crippen LogP contribution in [0.5, 0.6) is 0 Å². The molecule has 2 aliphatic rings. The summed E-state index contributed by atoms with van der Waals surface area (Å²) in [5, 5.41) is 3.76. The van der Waals surface area contributed by atoms with Gasteiger partial charge in [-0.15, -0.1) is 0 Å². The molecule has 1 aliphatic heterocycles. The largest absolute Gasteiger partial charge is 0.381 e. The highest BCUT2D eigenvalue weighted by atomic mass is 16.5. The summed E-state index contributed by atoms with van der Waals surface area (Å²) in [5.41, 5.74) is 0. The van der Waals surface area contributed by atoms with Crippen molar-refractivity contribution in [3.05, 3.63) is 0 Å². The van der Waals surface area contributed by atoms with Gasteiger partial charge in [0.2, 0.25) is 0 Å². The van der Waals surface area contributed by atoms with Crippen LogP contribution < -0.4 is 5.32 Å². The fourth-order valence-electron chi connectivity index (χ4n) is 3.53. The van der Waals surface area contributed by atoms with Crippen molar-refractivity contribution in [3.63, 3.8) is 0 Å². The van der Waals surface area contributed by atoms with Crippen LogP contribution in [0.1, 0.15) is 51.9 Å². The van der Waals surface area contributed by atoms with Crippen LogP contribution in [0.2, 0.25) is 0 Å². The fourth-order valence-corrected chi connectivity index (χ4v) is 3.53. The summed E-state index contributed by atoms with van der Waals surface area (Å²) in [6.45, 7) is 8.91. The van der Waals surface area contributed by atoms with Gasteiger partial charge in [0, 0.05) is 45.4 Å². The van der Waals surface area contributed by atoms with E-state index < -0.39 is 0 Å². The Morgan fingerprint density at radius 3 is 2.79 bits per heavy atom. The maximum Gasteiger partial charge on any atom is 0.0478 e. The molecule has 1 atom stereocenters. The third kappa shape index (κ3) is 5.41. The van der Waals surface area contributed by atoms with Gasteiger partial charge in [-0.2, -0.15) is 0 Å². The molecule has 3 nitrogen and oxygen atoms in total. The number of ether oxygens (including phenoxy) is 1. The van der Waals surface area contributed by atoms with Crippen LogP contribution in [0.4, 0.5) is 0 Å². The van der Waals surface area contributed by atoms with E-state index in [2.05, 4.69) is 17.1 Å². The third-order valence-electron chi connectivity index (χ3n) is 4.62. The van der Waals surface area contributed by atoms with Crippen molar-refractivity contribution in [2.75, 3.05) is 39.4 Å². The Hall–Kier alpha value is -0.120. The van der Waals surface area contributed by atoms with Crippen molar-refractivity contribution in [1.29, 1.82) is 0 Å². The standard InChI is InChI=1S/C16H32N2O/c1-2-12-19-13-6-10-18-11-9-17-16(14-18)15-7-4-3-5-8-15/h15-17H,2-14H2,1H3. The normalized spacial score (nSPS) is 26.7. The van der Waals surface area contributed by atoms with E-state index in [4.69, 9.17) is 4.74 Å². The quantitative estimate of drug-likeness (QED) is 0.718. The second-order valence-electron chi connectivity index (χ2n) is 6.23. The van der Waals surface area contributed by atoms with Crippen LogP contribution in [0.3, 0.4) is 0 Å². The Bertz CT molecular complexity index is 229. The first-order chi connectivity index (χ1) is 9.40. The minimum atomic E-state index is 0.755. The molecule has 1 aliphatic carbocycles. The second-order valence-corrected chi connectivity index (χ2v) is 6.23. The molecule has 0 amide bonds.